The maximum Gasteiger partial charge on any atom is 0.238 e. The van der Waals surface area contributed by atoms with E-state index in [0.29, 0.717) is 12.8 Å². The van der Waals surface area contributed by atoms with Gasteiger partial charge in [-0.3, -0.25) is 4.79 Å². The number of benzene rings is 3. The standard InChI is InChI=1S/C19H18N2O3S/c20-25(23,24)18-10-5-14(6-11-18)7-12-19(22)21-17-9-8-15-3-1-2-4-16(15)13-17/h1-6,8-11,13H,7,12H2,(H,21,22)(H2,20,23,24). The van der Waals surface area contributed by atoms with Gasteiger partial charge in [0.25, 0.3) is 0 Å². The number of sulfonamides is 1. The fraction of sp³-hybridized carbons (Fsp3) is 0.105. The van der Waals surface area contributed by atoms with Gasteiger partial charge in [-0.25, -0.2) is 13.6 Å². The molecule has 0 aliphatic carbocycles. The Bertz CT molecular complexity index is 1010. The molecule has 6 heteroatoms. The van der Waals surface area contributed by atoms with Crippen LogP contribution in [0.4, 0.5) is 5.69 Å². The summed E-state index contributed by atoms with van der Waals surface area (Å²) >= 11 is 0. The molecule has 0 bridgehead atoms. The first kappa shape index (κ1) is 17.1. The summed E-state index contributed by atoms with van der Waals surface area (Å²) in [5.74, 6) is -0.0918. The van der Waals surface area contributed by atoms with Gasteiger partial charge in [-0.05, 0) is 47.0 Å². The van der Waals surface area contributed by atoms with Gasteiger partial charge in [0.15, 0.2) is 0 Å². The summed E-state index contributed by atoms with van der Waals surface area (Å²) in [6.45, 7) is 0. The third kappa shape index (κ3) is 4.43. The van der Waals surface area contributed by atoms with E-state index >= 15 is 0 Å². The van der Waals surface area contributed by atoms with Crippen LogP contribution in [0.15, 0.2) is 71.6 Å². The monoisotopic (exact) mass is 354 g/mol. The maximum absolute atomic E-state index is 12.1. The highest BCUT2D eigenvalue weighted by Crippen LogP contribution is 2.19. The Morgan fingerprint density at radius 1 is 0.920 bits per heavy atom. The van der Waals surface area contributed by atoms with Crippen molar-refractivity contribution in [3.8, 4) is 0 Å². The predicted molar refractivity (Wildman–Crippen MR) is 98.7 cm³/mol. The zero-order valence-electron chi connectivity index (χ0n) is 13.5. The first-order valence-electron chi connectivity index (χ1n) is 7.82. The zero-order valence-corrected chi connectivity index (χ0v) is 14.3. The van der Waals surface area contributed by atoms with Gasteiger partial charge in [-0.1, -0.05) is 42.5 Å². The molecule has 128 valence electrons. The number of primary sulfonamides is 1. The Morgan fingerprint density at radius 2 is 1.60 bits per heavy atom. The maximum atomic E-state index is 12.1. The van der Waals surface area contributed by atoms with E-state index < -0.39 is 10.0 Å². The molecule has 0 heterocycles. The average molecular weight is 354 g/mol. The van der Waals surface area contributed by atoms with Crippen LogP contribution in [0.25, 0.3) is 10.8 Å². The van der Waals surface area contributed by atoms with Crippen molar-refractivity contribution < 1.29 is 13.2 Å². The van der Waals surface area contributed by atoms with Gasteiger partial charge in [0.1, 0.15) is 0 Å². The molecule has 1 amide bonds. The minimum absolute atomic E-state index is 0.0665. The number of carbonyl (C=O) groups is 1. The molecule has 0 saturated heterocycles. The Labute approximate surface area is 146 Å². The van der Waals surface area contributed by atoms with Gasteiger partial charge in [0.05, 0.1) is 4.90 Å². The predicted octanol–water partition coefficient (Wildman–Crippen LogP) is 3.06. The lowest BCUT2D eigenvalue weighted by Crippen LogP contribution is -2.13. The molecule has 0 radical (unpaired) electrons. The number of carbonyl (C=O) groups excluding carboxylic acids is 1. The summed E-state index contributed by atoms with van der Waals surface area (Å²) < 4.78 is 22.4. The highest BCUT2D eigenvalue weighted by Gasteiger charge is 2.08. The molecule has 0 spiro atoms. The number of rotatable bonds is 5. The molecule has 0 aromatic heterocycles. The van der Waals surface area contributed by atoms with Crippen molar-refractivity contribution in [2.45, 2.75) is 17.7 Å². The normalized spacial score (nSPS) is 11.4. The molecule has 0 aliphatic heterocycles. The number of nitrogens with two attached hydrogens (primary N) is 1. The molecular formula is C19H18N2O3S. The molecule has 3 aromatic rings. The van der Waals surface area contributed by atoms with Gasteiger partial charge in [0, 0.05) is 12.1 Å². The molecule has 5 nitrogen and oxygen atoms in total. The molecule has 0 atom stereocenters. The Balaban J connectivity index is 1.60. The summed E-state index contributed by atoms with van der Waals surface area (Å²) in [6, 6.07) is 20.0. The van der Waals surface area contributed by atoms with Crippen molar-refractivity contribution >= 4 is 32.4 Å². The lowest BCUT2D eigenvalue weighted by molar-refractivity contribution is -0.116. The summed E-state index contributed by atoms with van der Waals surface area (Å²) in [5, 5.41) is 10.1. The number of nitrogens with one attached hydrogen (secondary N) is 1. The number of amides is 1. The van der Waals surface area contributed by atoms with Gasteiger partial charge in [-0.2, -0.15) is 0 Å². The van der Waals surface area contributed by atoms with Crippen molar-refractivity contribution in [1.82, 2.24) is 0 Å². The smallest absolute Gasteiger partial charge is 0.238 e. The van der Waals surface area contributed by atoms with Gasteiger partial charge >= 0.3 is 0 Å². The quantitative estimate of drug-likeness (QED) is 0.738. The first-order chi connectivity index (χ1) is 11.9. The molecular weight excluding hydrogens is 336 g/mol. The third-order valence-electron chi connectivity index (χ3n) is 3.93. The van der Waals surface area contributed by atoms with E-state index in [1.807, 2.05) is 42.5 Å². The molecule has 3 N–H and O–H groups in total. The van der Waals surface area contributed by atoms with Crippen molar-refractivity contribution in [3.63, 3.8) is 0 Å². The van der Waals surface area contributed by atoms with Crippen LogP contribution >= 0.6 is 0 Å². The Morgan fingerprint density at radius 3 is 2.28 bits per heavy atom. The van der Waals surface area contributed by atoms with Gasteiger partial charge in [-0.15, -0.1) is 0 Å². The second-order valence-electron chi connectivity index (χ2n) is 5.80. The lowest BCUT2D eigenvalue weighted by atomic mass is 10.1. The summed E-state index contributed by atoms with van der Waals surface area (Å²) in [7, 11) is -3.69. The van der Waals surface area contributed by atoms with E-state index in [2.05, 4.69) is 5.32 Å². The number of hydrogen-bond acceptors (Lipinski definition) is 3. The average Bonchev–Trinajstić information content (AvgIpc) is 2.59. The van der Waals surface area contributed by atoms with E-state index in [-0.39, 0.29) is 10.8 Å². The molecule has 0 fully saturated rings. The van der Waals surface area contributed by atoms with Crippen LogP contribution in [0.3, 0.4) is 0 Å². The number of fused-ring (bicyclic) bond motifs is 1. The topological polar surface area (TPSA) is 89.3 Å². The summed E-state index contributed by atoms with van der Waals surface area (Å²) in [5.41, 5.74) is 1.63. The second kappa shape index (κ2) is 7.04. The van der Waals surface area contributed by atoms with Crippen molar-refractivity contribution in [2.75, 3.05) is 5.32 Å². The number of hydrogen-bond donors (Lipinski definition) is 2. The number of anilines is 1. The summed E-state index contributed by atoms with van der Waals surface area (Å²) in [4.78, 5) is 12.2. The SMILES string of the molecule is NS(=O)(=O)c1ccc(CCC(=O)Nc2ccc3ccccc3c2)cc1. The minimum atomic E-state index is -3.69. The molecule has 0 aliphatic rings. The molecule has 25 heavy (non-hydrogen) atoms. The molecule has 0 saturated carbocycles. The van der Waals surface area contributed by atoms with Crippen LogP contribution in [0.5, 0.6) is 0 Å². The summed E-state index contributed by atoms with van der Waals surface area (Å²) in [6.07, 6.45) is 0.825. The largest absolute Gasteiger partial charge is 0.326 e. The molecule has 3 rings (SSSR count). The minimum Gasteiger partial charge on any atom is -0.326 e. The lowest BCUT2D eigenvalue weighted by Gasteiger charge is -2.07. The zero-order chi connectivity index (χ0) is 17.9. The number of aryl methyl sites for hydroxylation is 1. The van der Waals surface area contributed by atoms with E-state index in [1.165, 1.54) is 12.1 Å². The fourth-order valence-corrected chi connectivity index (χ4v) is 3.11. The van der Waals surface area contributed by atoms with Crippen LogP contribution in [0.1, 0.15) is 12.0 Å². The van der Waals surface area contributed by atoms with E-state index in [4.69, 9.17) is 5.14 Å². The van der Waals surface area contributed by atoms with Gasteiger partial charge in [0.2, 0.25) is 15.9 Å². The van der Waals surface area contributed by atoms with Crippen LogP contribution in [0, 0.1) is 0 Å². The first-order valence-corrected chi connectivity index (χ1v) is 9.37. The van der Waals surface area contributed by atoms with Crippen molar-refractivity contribution in [3.05, 3.63) is 72.3 Å². The third-order valence-corrected chi connectivity index (χ3v) is 4.86. The Kier molecular flexibility index (Phi) is 4.83. The van der Waals surface area contributed by atoms with E-state index in [0.717, 1.165) is 22.0 Å². The fourth-order valence-electron chi connectivity index (χ4n) is 2.59. The van der Waals surface area contributed by atoms with Gasteiger partial charge < -0.3 is 5.32 Å². The molecule has 0 unspecified atom stereocenters. The van der Waals surface area contributed by atoms with Crippen LogP contribution in [-0.2, 0) is 21.2 Å². The van der Waals surface area contributed by atoms with Crippen molar-refractivity contribution in [2.24, 2.45) is 5.14 Å². The van der Waals surface area contributed by atoms with E-state index in [9.17, 15) is 13.2 Å². The van der Waals surface area contributed by atoms with Crippen molar-refractivity contribution in [1.29, 1.82) is 0 Å². The van der Waals surface area contributed by atoms with Crippen LogP contribution in [-0.4, -0.2) is 14.3 Å². The van der Waals surface area contributed by atoms with Crippen LogP contribution < -0.4 is 10.5 Å². The van der Waals surface area contributed by atoms with E-state index in [1.54, 1.807) is 12.1 Å². The van der Waals surface area contributed by atoms with Crippen LogP contribution in [0.2, 0.25) is 0 Å². The second-order valence-corrected chi connectivity index (χ2v) is 7.36. The molecule has 3 aromatic carbocycles. The highest BCUT2D eigenvalue weighted by molar-refractivity contribution is 7.89. The Hall–Kier alpha value is -2.70. The highest BCUT2D eigenvalue weighted by atomic mass is 32.2.